The van der Waals surface area contributed by atoms with Crippen molar-refractivity contribution in [2.45, 2.75) is 13.0 Å². The van der Waals surface area contributed by atoms with Crippen LogP contribution in [0.3, 0.4) is 0 Å². The quantitative estimate of drug-likeness (QED) is 0.422. The van der Waals surface area contributed by atoms with Gasteiger partial charge in [-0.1, -0.05) is 0 Å². The first-order valence-corrected chi connectivity index (χ1v) is 3.83. The molecule has 6 heteroatoms. The fourth-order valence-electron chi connectivity index (χ4n) is 1.17. The summed E-state index contributed by atoms with van der Waals surface area (Å²) in [7, 11) is 0. The molecule has 0 radical (unpaired) electrons. The van der Waals surface area contributed by atoms with E-state index in [0.717, 1.165) is 5.01 Å². The van der Waals surface area contributed by atoms with E-state index in [1.165, 1.54) is 6.92 Å². The average molecular weight is 188 g/mol. The highest BCUT2D eigenvalue weighted by molar-refractivity contribution is 5.75. The van der Waals surface area contributed by atoms with E-state index in [-0.39, 0.29) is 23.9 Å². The molecule has 0 aromatic heterocycles. The van der Waals surface area contributed by atoms with Gasteiger partial charge in [-0.15, -0.1) is 0 Å². The van der Waals surface area contributed by atoms with Gasteiger partial charge in [-0.05, 0) is 0 Å². The fraction of sp³-hybridized carbons (Fsp3) is 0.571. The molecule has 0 aromatic rings. The largest absolute Gasteiger partial charge is 0.509 e. The molecule has 6 nitrogen and oxygen atoms in total. The molecule has 1 rings (SSSR count). The van der Waals surface area contributed by atoms with Gasteiger partial charge >= 0.3 is 0 Å². The molecule has 1 atom stereocenters. The standard InChI is InChI=1S/C7H12N2O4/c1-4(11)9-7(6(13)3-10)5(12)2-8-9/h6,8,10,12-13H,2-3H2,1H3/t6-/m1/s1. The monoisotopic (exact) mass is 188 g/mol. The third-order valence-corrected chi connectivity index (χ3v) is 1.74. The maximum atomic E-state index is 10.9. The molecule has 0 spiro atoms. The highest BCUT2D eigenvalue weighted by atomic mass is 16.3. The molecule has 74 valence electrons. The van der Waals surface area contributed by atoms with E-state index in [0.29, 0.717) is 0 Å². The van der Waals surface area contributed by atoms with Gasteiger partial charge in [-0.3, -0.25) is 4.79 Å². The number of hydrogen-bond donors (Lipinski definition) is 4. The molecule has 0 fully saturated rings. The summed E-state index contributed by atoms with van der Waals surface area (Å²) in [5.74, 6) is -0.483. The van der Waals surface area contributed by atoms with E-state index in [9.17, 15) is 15.0 Å². The molecular weight excluding hydrogens is 176 g/mol. The summed E-state index contributed by atoms with van der Waals surface area (Å²) in [5.41, 5.74) is 2.58. The molecule has 0 saturated heterocycles. The normalized spacial score (nSPS) is 19.5. The molecule has 4 N–H and O–H groups in total. The van der Waals surface area contributed by atoms with Gasteiger partial charge in [0.15, 0.2) is 0 Å². The van der Waals surface area contributed by atoms with Crippen molar-refractivity contribution in [3.05, 3.63) is 11.5 Å². The van der Waals surface area contributed by atoms with Crippen LogP contribution in [-0.2, 0) is 4.79 Å². The molecule has 0 saturated carbocycles. The van der Waals surface area contributed by atoms with Crippen LogP contribution < -0.4 is 5.43 Å². The van der Waals surface area contributed by atoms with Crippen molar-refractivity contribution in [2.24, 2.45) is 0 Å². The molecule has 1 amide bonds. The van der Waals surface area contributed by atoms with Gasteiger partial charge in [-0.2, -0.15) is 0 Å². The van der Waals surface area contributed by atoms with Crippen molar-refractivity contribution in [3.63, 3.8) is 0 Å². The predicted molar refractivity (Wildman–Crippen MR) is 43.3 cm³/mol. The Hall–Kier alpha value is -1.11. The molecule has 0 aliphatic carbocycles. The SMILES string of the molecule is CC(=O)N1NCC(O)=C1[C@H](O)CO. The Morgan fingerprint density at radius 3 is 2.85 bits per heavy atom. The lowest BCUT2D eigenvalue weighted by molar-refractivity contribution is -0.130. The van der Waals surface area contributed by atoms with Crippen LogP contribution in [0.4, 0.5) is 0 Å². The molecule has 0 bridgehead atoms. The lowest BCUT2D eigenvalue weighted by Crippen LogP contribution is -2.40. The zero-order valence-electron chi connectivity index (χ0n) is 7.19. The predicted octanol–water partition coefficient (Wildman–Crippen LogP) is -1.52. The summed E-state index contributed by atoms with van der Waals surface area (Å²) >= 11 is 0. The molecule has 0 unspecified atom stereocenters. The van der Waals surface area contributed by atoms with Crippen LogP contribution in [0.2, 0.25) is 0 Å². The lowest BCUT2D eigenvalue weighted by Gasteiger charge is -2.20. The van der Waals surface area contributed by atoms with Crippen LogP contribution in [0, 0.1) is 0 Å². The number of hydrazine groups is 1. The average Bonchev–Trinajstić information content (AvgIpc) is 2.46. The highest BCUT2D eigenvalue weighted by Crippen LogP contribution is 2.16. The molecule has 0 aromatic carbocycles. The van der Waals surface area contributed by atoms with Gasteiger partial charge in [0.2, 0.25) is 5.91 Å². The smallest absolute Gasteiger partial charge is 0.238 e. The molecule has 1 heterocycles. The minimum Gasteiger partial charge on any atom is -0.509 e. The Morgan fingerprint density at radius 2 is 2.38 bits per heavy atom. The maximum Gasteiger partial charge on any atom is 0.238 e. The third-order valence-electron chi connectivity index (χ3n) is 1.74. The number of hydrogen-bond acceptors (Lipinski definition) is 5. The Kier molecular flexibility index (Phi) is 2.86. The second-order valence-corrected chi connectivity index (χ2v) is 2.72. The van der Waals surface area contributed by atoms with E-state index in [1.54, 1.807) is 0 Å². The van der Waals surface area contributed by atoms with Crippen molar-refractivity contribution in [1.82, 2.24) is 10.4 Å². The van der Waals surface area contributed by atoms with Crippen LogP contribution in [0.25, 0.3) is 0 Å². The third kappa shape index (κ3) is 1.80. The first-order valence-electron chi connectivity index (χ1n) is 3.83. The van der Waals surface area contributed by atoms with Crippen molar-refractivity contribution >= 4 is 5.91 Å². The summed E-state index contributed by atoms with van der Waals surface area (Å²) in [4.78, 5) is 10.9. The van der Waals surface area contributed by atoms with Crippen LogP contribution in [0.1, 0.15) is 6.92 Å². The summed E-state index contributed by atoms with van der Waals surface area (Å²) in [5, 5.41) is 28.2. The lowest BCUT2D eigenvalue weighted by atomic mass is 10.2. The van der Waals surface area contributed by atoms with E-state index in [4.69, 9.17) is 5.11 Å². The minimum atomic E-state index is -1.24. The summed E-state index contributed by atoms with van der Waals surface area (Å²) in [6.45, 7) is 0.840. The molecular formula is C7H12N2O4. The van der Waals surface area contributed by atoms with Gasteiger partial charge < -0.3 is 15.3 Å². The summed E-state index contributed by atoms with van der Waals surface area (Å²) in [6.07, 6.45) is -1.24. The molecule has 13 heavy (non-hydrogen) atoms. The van der Waals surface area contributed by atoms with Crippen molar-refractivity contribution in [2.75, 3.05) is 13.2 Å². The Balaban J connectivity index is 2.87. The second kappa shape index (κ2) is 3.73. The topological polar surface area (TPSA) is 93.0 Å². The van der Waals surface area contributed by atoms with E-state index >= 15 is 0 Å². The number of aliphatic hydroxyl groups excluding tert-OH is 3. The van der Waals surface area contributed by atoms with Gasteiger partial charge in [-0.25, -0.2) is 10.4 Å². The van der Waals surface area contributed by atoms with E-state index < -0.39 is 12.7 Å². The zero-order valence-corrected chi connectivity index (χ0v) is 7.19. The molecule has 1 aliphatic rings. The number of aliphatic hydroxyl groups is 3. The van der Waals surface area contributed by atoms with Crippen molar-refractivity contribution in [3.8, 4) is 0 Å². The second-order valence-electron chi connectivity index (χ2n) is 2.72. The first kappa shape index (κ1) is 9.97. The van der Waals surface area contributed by atoms with Crippen molar-refractivity contribution < 1.29 is 20.1 Å². The van der Waals surface area contributed by atoms with E-state index in [1.807, 2.05) is 0 Å². The minimum absolute atomic E-state index is 0.0231. The number of nitrogens with zero attached hydrogens (tertiary/aromatic N) is 1. The van der Waals surface area contributed by atoms with Crippen LogP contribution >= 0.6 is 0 Å². The van der Waals surface area contributed by atoms with E-state index in [2.05, 4.69) is 5.43 Å². The van der Waals surface area contributed by atoms with Gasteiger partial charge in [0.1, 0.15) is 17.6 Å². The summed E-state index contributed by atoms with van der Waals surface area (Å²) < 4.78 is 0. The Morgan fingerprint density at radius 1 is 1.77 bits per heavy atom. The van der Waals surface area contributed by atoms with Gasteiger partial charge in [0.05, 0.1) is 13.2 Å². The highest BCUT2D eigenvalue weighted by Gasteiger charge is 2.29. The van der Waals surface area contributed by atoms with Gasteiger partial charge in [0.25, 0.3) is 0 Å². The zero-order chi connectivity index (χ0) is 10.0. The van der Waals surface area contributed by atoms with Crippen LogP contribution in [0.5, 0.6) is 0 Å². The number of carbonyl (C=O) groups excluding carboxylic acids is 1. The Labute approximate surface area is 75.1 Å². The maximum absolute atomic E-state index is 10.9. The first-order chi connectivity index (χ1) is 6.07. The van der Waals surface area contributed by atoms with Crippen LogP contribution in [-0.4, -0.2) is 45.5 Å². The number of carbonyl (C=O) groups is 1. The van der Waals surface area contributed by atoms with Crippen LogP contribution in [0.15, 0.2) is 11.5 Å². The van der Waals surface area contributed by atoms with Gasteiger partial charge in [0, 0.05) is 6.92 Å². The molecule has 1 aliphatic heterocycles. The number of amides is 1. The number of rotatable bonds is 2. The summed E-state index contributed by atoms with van der Waals surface area (Å²) in [6, 6.07) is 0. The van der Waals surface area contributed by atoms with Crippen molar-refractivity contribution in [1.29, 1.82) is 0 Å². The number of nitrogens with one attached hydrogen (secondary N) is 1. The fourth-order valence-corrected chi connectivity index (χ4v) is 1.17. The Bertz CT molecular complexity index is 251.